The first-order valence-electron chi connectivity index (χ1n) is 10.4. The smallest absolute Gasteiger partial charge is 0.338 e. The van der Waals surface area contributed by atoms with Gasteiger partial charge in [-0.3, -0.25) is 4.79 Å². The lowest BCUT2D eigenvalue weighted by molar-refractivity contribution is 0.0475. The van der Waals surface area contributed by atoms with Gasteiger partial charge >= 0.3 is 5.97 Å². The van der Waals surface area contributed by atoms with Crippen molar-refractivity contribution in [3.05, 3.63) is 96.1 Å². The average molecular weight is 436 g/mol. The minimum atomic E-state index is -0.563. The number of aromatic amines is 1. The fraction of sp³-hybridized carbons (Fsp3) is 0.0741. The molecule has 0 aliphatic heterocycles. The van der Waals surface area contributed by atoms with Crippen LogP contribution in [0.25, 0.3) is 33.2 Å². The third kappa shape index (κ3) is 4.19. The number of nitrogens with zero attached hydrogens (tertiary/aromatic N) is 1. The molecule has 0 bridgehead atoms. The minimum absolute atomic E-state index is 0.251. The van der Waals surface area contributed by atoms with Crippen LogP contribution in [0.5, 0.6) is 5.75 Å². The molecule has 162 valence electrons. The topological polar surface area (TPSA) is 81.3 Å². The summed E-state index contributed by atoms with van der Waals surface area (Å²) in [4.78, 5) is 32.9. The molecule has 6 heteroatoms. The summed E-state index contributed by atoms with van der Waals surface area (Å²) in [6, 6.07) is 25.8. The number of aromatic nitrogens is 2. The summed E-state index contributed by atoms with van der Waals surface area (Å²) in [5.41, 5.74) is 3.19. The summed E-state index contributed by atoms with van der Waals surface area (Å²) in [6.07, 6.45) is 0. The molecule has 0 fully saturated rings. The second kappa shape index (κ2) is 8.59. The highest BCUT2D eigenvalue weighted by Crippen LogP contribution is 2.24. The summed E-state index contributed by atoms with van der Waals surface area (Å²) in [5.74, 6) is 0.632. The Labute approximate surface area is 189 Å². The van der Waals surface area contributed by atoms with E-state index < -0.39 is 5.97 Å². The van der Waals surface area contributed by atoms with E-state index in [0.717, 1.165) is 27.6 Å². The molecule has 1 N–H and O–H groups in total. The van der Waals surface area contributed by atoms with Gasteiger partial charge in [0.05, 0.1) is 23.7 Å². The molecule has 6 nitrogen and oxygen atoms in total. The molecule has 1 heterocycles. The molecule has 0 unspecified atom stereocenters. The Bertz CT molecular complexity index is 1490. The fourth-order valence-corrected chi connectivity index (χ4v) is 3.68. The van der Waals surface area contributed by atoms with Gasteiger partial charge in [0.15, 0.2) is 12.4 Å². The fourth-order valence-electron chi connectivity index (χ4n) is 3.68. The molecule has 33 heavy (non-hydrogen) atoms. The highest BCUT2D eigenvalue weighted by molar-refractivity contribution is 6.02. The highest BCUT2D eigenvalue weighted by Gasteiger charge is 2.14. The minimum Gasteiger partial charge on any atom is -0.497 e. The Kier molecular flexibility index (Phi) is 5.32. The maximum atomic E-state index is 12.6. The largest absolute Gasteiger partial charge is 0.497 e. The number of hydrogen-bond acceptors (Lipinski definition) is 5. The van der Waals surface area contributed by atoms with Crippen LogP contribution in [0, 0.1) is 0 Å². The van der Waals surface area contributed by atoms with Crippen molar-refractivity contribution in [1.82, 2.24) is 9.97 Å². The van der Waals surface area contributed by atoms with Gasteiger partial charge in [0, 0.05) is 11.1 Å². The number of nitrogens with one attached hydrogen (secondary N) is 1. The van der Waals surface area contributed by atoms with Crippen LogP contribution in [0.3, 0.4) is 0 Å². The Morgan fingerprint density at radius 1 is 0.848 bits per heavy atom. The molecule has 4 aromatic carbocycles. The number of ketones is 1. The molecule has 0 saturated carbocycles. The molecule has 0 aliphatic rings. The first-order chi connectivity index (χ1) is 16.1. The van der Waals surface area contributed by atoms with E-state index in [1.165, 1.54) is 0 Å². The Morgan fingerprint density at radius 3 is 2.39 bits per heavy atom. The van der Waals surface area contributed by atoms with Gasteiger partial charge in [0.25, 0.3) is 0 Å². The third-order valence-electron chi connectivity index (χ3n) is 5.49. The summed E-state index contributed by atoms with van der Waals surface area (Å²) in [7, 11) is 1.62. The molecular formula is C27H20N2O4. The maximum Gasteiger partial charge on any atom is 0.338 e. The number of benzene rings is 4. The Balaban J connectivity index is 1.29. The average Bonchev–Trinajstić information content (AvgIpc) is 3.30. The molecule has 0 saturated heterocycles. The number of rotatable bonds is 6. The van der Waals surface area contributed by atoms with Crippen LogP contribution in [-0.4, -0.2) is 35.4 Å². The molecule has 5 aromatic rings. The lowest BCUT2D eigenvalue weighted by Crippen LogP contribution is -2.14. The molecule has 0 spiro atoms. The van der Waals surface area contributed by atoms with Crippen LogP contribution in [0.2, 0.25) is 0 Å². The summed E-state index contributed by atoms with van der Waals surface area (Å²) in [5, 5.41) is 2.01. The number of hydrogen-bond donors (Lipinski definition) is 1. The SMILES string of the molecule is COc1ccc(-c2nc3ccc(C(=O)OCC(=O)c4ccc5ccccc5c4)cc3[nH]2)cc1. The summed E-state index contributed by atoms with van der Waals surface area (Å²) in [6.45, 7) is -0.324. The van der Waals surface area contributed by atoms with E-state index in [1.807, 2.05) is 60.7 Å². The van der Waals surface area contributed by atoms with Crippen molar-refractivity contribution in [2.24, 2.45) is 0 Å². The second-order valence-corrected chi connectivity index (χ2v) is 7.61. The van der Waals surface area contributed by atoms with Crippen LogP contribution in [0.4, 0.5) is 0 Å². The Hall–Kier alpha value is -4.45. The molecule has 0 atom stereocenters. The zero-order valence-electron chi connectivity index (χ0n) is 17.9. The van der Waals surface area contributed by atoms with E-state index >= 15 is 0 Å². The maximum absolute atomic E-state index is 12.6. The lowest BCUT2D eigenvalue weighted by Gasteiger charge is -2.06. The van der Waals surface area contributed by atoms with Gasteiger partial charge in [-0.05, 0) is 59.3 Å². The van der Waals surface area contributed by atoms with Gasteiger partial charge in [-0.1, -0.05) is 36.4 Å². The standard InChI is InChI=1S/C27H20N2O4/c1-32-22-11-8-18(9-12-22)26-28-23-13-10-21(15-24(23)29-26)27(31)33-16-25(30)20-7-6-17-4-2-3-5-19(17)14-20/h2-15H,16H2,1H3,(H,28,29). The van der Waals surface area contributed by atoms with Crippen molar-refractivity contribution in [2.45, 2.75) is 0 Å². The zero-order chi connectivity index (χ0) is 22.8. The van der Waals surface area contributed by atoms with E-state index in [2.05, 4.69) is 9.97 Å². The third-order valence-corrected chi connectivity index (χ3v) is 5.49. The van der Waals surface area contributed by atoms with Crippen molar-refractivity contribution < 1.29 is 19.1 Å². The molecule has 0 aliphatic carbocycles. The van der Waals surface area contributed by atoms with E-state index in [1.54, 1.807) is 31.4 Å². The van der Waals surface area contributed by atoms with Crippen molar-refractivity contribution >= 4 is 33.6 Å². The second-order valence-electron chi connectivity index (χ2n) is 7.61. The van der Waals surface area contributed by atoms with Gasteiger partial charge in [0.1, 0.15) is 11.6 Å². The quantitative estimate of drug-likeness (QED) is 0.283. The summed E-state index contributed by atoms with van der Waals surface area (Å²) < 4.78 is 10.5. The van der Waals surface area contributed by atoms with Crippen molar-refractivity contribution in [3.63, 3.8) is 0 Å². The number of Topliss-reactive ketones (excluding diaryl/α,β-unsaturated/α-hetero) is 1. The van der Waals surface area contributed by atoms with Crippen LogP contribution in [-0.2, 0) is 4.74 Å². The van der Waals surface area contributed by atoms with Gasteiger partial charge < -0.3 is 14.5 Å². The van der Waals surface area contributed by atoms with E-state index in [-0.39, 0.29) is 12.4 Å². The van der Waals surface area contributed by atoms with Crippen molar-refractivity contribution in [2.75, 3.05) is 13.7 Å². The first kappa shape index (κ1) is 20.5. The monoisotopic (exact) mass is 436 g/mol. The van der Waals surface area contributed by atoms with Crippen LogP contribution >= 0.6 is 0 Å². The molecule has 0 amide bonds. The predicted molar refractivity (Wildman–Crippen MR) is 127 cm³/mol. The number of imidazole rings is 1. The van der Waals surface area contributed by atoms with Crippen LogP contribution in [0.1, 0.15) is 20.7 Å². The molecule has 1 aromatic heterocycles. The van der Waals surface area contributed by atoms with Gasteiger partial charge in [0.2, 0.25) is 0 Å². The normalized spacial score (nSPS) is 10.9. The molecule has 5 rings (SSSR count). The number of esters is 1. The number of H-pyrrole nitrogens is 1. The first-order valence-corrected chi connectivity index (χ1v) is 10.4. The number of ether oxygens (including phenoxy) is 2. The van der Waals surface area contributed by atoms with Crippen LogP contribution in [0.15, 0.2) is 84.9 Å². The highest BCUT2D eigenvalue weighted by atomic mass is 16.5. The van der Waals surface area contributed by atoms with Gasteiger partial charge in [-0.15, -0.1) is 0 Å². The van der Waals surface area contributed by atoms with Crippen molar-refractivity contribution in [3.8, 4) is 17.1 Å². The van der Waals surface area contributed by atoms with Gasteiger partial charge in [-0.2, -0.15) is 0 Å². The van der Waals surface area contributed by atoms with Crippen molar-refractivity contribution in [1.29, 1.82) is 0 Å². The molecular weight excluding hydrogens is 416 g/mol. The molecule has 0 radical (unpaired) electrons. The van der Waals surface area contributed by atoms with Gasteiger partial charge in [-0.25, -0.2) is 9.78 Å². The number of carbonyl (C=O) groups is 2. The zero-order valence-corrected chi connectivity index (χ0v) is 17.9. The number of methoxy groups -OCH3 is 1. The lowest BCUT2D eigenvalue weighted by atomic mass is 10.0. The van der Waals surface area contributed by atoms with E-state index in [4.69, 9.17) is 9.47 Å². The summed E-state index contributed by atoms with van der Waals surface area (Å²) >= 11 is 0. The van der Waals surface area contributed by atoms with E-state index in [0.29, 0.717) is 22.5 Å². The van der Waals surface area contributed by atoms with Crippen LogP contribution < -0.4 is 4.74 Å². The number of fused-ring (bicyclic) bond motifs is 2. The number of carbonyl (C=O) groups excluding carboxylic acids is 2. The predicted octanol–water partition coefficient (Wildman–Crippen LogP) is 5.43. The Morgan fingerprint density at radius 2 is 1.61 bits per heavy atom. The van der Waals surface area contributed by atoms with E-state index in [9.17, 15) is 9.59 Å².